The summed E-state index contributed by atoms with van der Waals surface area (Å²) >= 11 is 0. The number of nitrogen functional groups attached to an aromatic ring is 1. The summed E-state index contributed by atoms with van der Waals surface area (Å²) in [6.07, 6.45) is 2.38. The molecule has 9 nitrogen and oxygen atoms in total. The molecule has 0 amide bonds. The van der Waals surface area contributed by atoms with Crippen LogP contribution in [-0.2, 0) is 22.8 Å². The van der Waals surface area contributed by atoms with Crippen molar-refractivity contribution in [1.29, 1.82) is 0 Å². The molecule has 0 aliphatic carbocycles. The minimum Gasteiger partial charge on any atom is -0.463 e. The van der Waals surface area contributed by atoms with Crippen LogP contribution in [0.25, 0.3) is 11.2 Å². The Bertz CT molecular complexity index is 1150. The van der Waals surface area contributed by atoms with E-state index in [0.717, 1.165) is 12.0 Å². The fourth-order valence-electron chi connectivity index (χ4n) is 2.86. The average molecular weight is 405 g/mol. The summed E-state index contributed by atoms with van der Waals surface area (Å²) in [7, 11) is -3.06. The van der Waals surface area contributed by atoms with Crippen LogP contribution in [0.1, 0.15) is 24.5 Å². The van der Waals surface area contributed by atoms with Crippen LogP contribution in [0, 0.1) is 0 Å². The third kappa shape index (κ3) is 4.69. The lowest BCUT2D eigenvalue weighted by atomic mass is 10.1. The molecule has 150 valence electrons. The van der Waals surface area contributed by atoms with Gasteiger partial charge in [-0.3, -0.25) is 4.57 Å². The first-order valence-corrected chi connectivity index (χ1v) is 11.0. The standard InChI is InChI=1S/C18H23N5O4S/c1-3-12-6-4-7-13(10-12)11-23-16-14(20-18(23)24)15(19)21-17(22-16)27-8-5-9-28(2,25)26/h4,6-7,10H,3,5,8-9,11H2,1-2H3,(H,20,24)(H2,19,21,22). The number of aromatic nitrogens is 4. The molecule has 3 aromatic rings. The molecule has 0 unspecified atom stereocenters. The molecule has 0 fully saturated rings. The number of fused-ring (bicyclic) bond motifs is 1. The van der Waals surface area contributed by atoms with E-state index in [1.165, 1.54) is 16.4 Å². The van der Waals surface area contributed by atoms with Gasteiger partial charge < -0.3 is 15.5 Å². The summed E-state index contributed by atoms with van der Waals surface area (Å²) in [6.45, 7) is 2.53. The number of nitrogens with one attached hydrogen (secondary N) is 1. The van der Waals surface area contributed by atoms with Gasteiger partial charge in [-0.05, 0) is 24.0 Å². The number of H-pyrrole nitrogens is 1. The van der Waals surface area contributed by atoms with Gasteiger partial charge in [-0.2, -0.15) is 9.97 Å². The van der Waals surface area contributed by atoms with Crippen molar-refractivity contribution < 1.29 is 13.2 Å². The van der Waals surface area contributed by atoms with E-state index in [2.05, 4.69) is 21.9 Å². The third-order valence-corrected chi connectivity index (χ3v) is 5.29. The van der Waals surface area contributed by atoms with Crippen LogP contribution in [0.3, 0.4) is 0 Å². The van der Waals surface area contributed by atoms with Crippen LogP contribution in [0.5, 0.6) is 6.01 Å². The molecule has 2 aromatic heterocycles. The lowest BCUT2D eigenvalue weighted by molar-refractivity contribution is 0.294. The number of rotatable bonds is 8. The van der Waals surface area contributed by atoms with E-state index in [9.17, 15) is 13.2 Å². The van der Waals surface area contributed by atoms with Gasteiger partial charge in [0.2, 0.25) is 0 Å². The van der Waals surface area contributed by atoms with E-state index in [4.69, 9.17) is 10.5 Å². The lowest BCUT2D eigenvalue weighted by Crippen LogP contribution is -2.18. The van der Waals surface area contributed by atoms with E-state index in [0.29, 0.717) is 24.1 Å². The molecule has 0 aliphatic heterocycles. The maximum absolute atomic E-state index is 12.4. The summed E-state index contributed by atoms with van der Waals surface area (Å²) in [5.41, 5.74) is 8.44. The first kappa shape index (κ1) is 19.9. The Morgan fingerprint density at radius 2 is 2.00 bits per heavy atom. The number of benzene rings is 1. The summed E-state index contributed by atoms with van der Waals surface area (Å²) in [6, 6.07) is 7.97. The molecule has 0 aliphatic rings. The van der Waals surface area contributed by atoms with Crippen LogP contribution in [0.2, 0.25) is 0 Å². The molecule has 10 heteroatoms. The van der Waals surface area contributed by atoms with Gasteiger partial charge in [-0.25, -0.2) is 13.2 Å². The smallest absolute Gasteiger partial charge is 0.328 e. The number of hydrogen-bond acceptors (Lipinski definition) is 7. The van der Waals surface area contributed by atoms with Gasteiger partial charge in [0, 0.05) is 6.26 Å². The fraction of sp³-hybridized carbons (Fsp3) is 0.389. The van der Waals surface area contributed by atoms with Crippen molar-refractivity contribution in [2.24, 2.45) is 0 Å². The SMILES string of the molecule is CCc1cccc(Cn2c(=O)[nH]c3c(N)nc(OCCCS(C)(=O)=O)nc32)c1. The molecule has 3 rings (SSSR count). The number of ether oxygens (including phenoxy) is 1. The maximum Gasteiger partial charge on any atom is 0.328 e. The van der Waals surface area contributed by atoms with Crippen molar-refractivity contribution >= 4 is 26.8 Å². The third-order valence-electron chi connectivity index (χ3n) is 4.26. The second kappa shape index (κ2) is 8.01. The second-order valence-corrected chi connectivity index (χ2v) is 8.87. The minimum atomic E-state index is -3.06. The topological polar surface area (TPSA) is 133 Å². The Kier molecular flexibility index (Phi) is 5.68. The van der Waals surface area contributed by atoms with Gasteiger partial charge >= 0.3 is 11.7 Å². The zero-order valence-electron chi connectivity index (χ0n) is 15.8. The summed E-state index contributed by atoms with van der Waals surface area (Å²) in [5.74, 6) is 0.106. The number of aromatic amines is 1. The normalized spacial score (nSPS) is 11.8. The highest BCUT2D eigenvalue weighted by Crippen LogP contribution is 2.19. The van der Waals surface area contributed by atoms with E-state index in [1.807, 2.05) is 24.3 Å². The molecule has 0 spiro atoms. The van der Waals surface area contributed by atoms with Gasteiger partial charge in [-0.15, -0.1) is 0 Å². The largest absolute Gasteiger partial charge is 0.463 e. The number of anilines is 1. The predicted octanol–water partition coefficient (Wildman–Crippen LogP) is 1.13. The van der Waals surface area contributed by atoms with Crippen molar-refractivity contribution in [2.45, 2.75) is 26.3 Å². The molecule has 3 N–H and O–H groups in total. The highest BCUT2D eigenvalue weighted by Gasteiger charge is 2.15. The number of hydrogen-bond donors (Lipinski definition) is 2. The number of nitrogens with two attached hydrogens (primary N) is 1. The highest BCUT2D eigenvalue weighted by atomic mass is 32.2. The van der Waals surface area contributed by atoms with Crippen LogP contribution in [-0.4, -0.2) is 46.6 Å². The zero-order chi connectivity index (χ0) is 20.3. The van der Waals surface area contributed by atoms with Crippen molar-refractivity contribution in [3.8, 4) is 6.01 Å². The number of sulfone groups is 1. The first-order chi connectivity index (χ1) is 13.3. The summed E-state index contributed by atoms with van der Waals surface area (Å²) in [4.78, 5) is 23.4. The number of nitrogens with zero attached hydrogens (tertiary/aromatic N) is 3. The Hall–Kier alpha value is -2.88. The molecule has 0 atom stereocenters. The molecule has 2 heterocycles. The summed E-state index contributed by atoms with van der Waals surface area (Å²) < 4.78 is 29.3. The quantitative estimate of drug-likeness (QED) is 0.537. The lowest BCUT2D eigenvalue weighted by Gasteiger charge is -2.08. The second-order valence-electron chi connectivity index (χ2n) is 6.61. The molecule has 0 saturated heterocycles. The average Bonchev–Trinajstić information content (AvgIpc) is 2.95. The highest BCUT2D eigenvalue weighted by molar-refractivity contribution is 7.90. The Balaban J connectivity index is 1.87. The van der Waals surface area contributed by atoms with Gasteiger partial charge in [0.1, 0.15) is 15.4 Å². The Labute approximate surface area is 162 Å². The minimum absolute atomic E-state index is 0.00730. The van der Waals surface area contributed by atoms with Crippen LogP contribution < -0.4 is 16.2 Å². The molecule has 0 radical (unpaired) electrons. The Morgan fingerprint density at radius 1 is 1.25 bits per heavy atom. The van der Waals surface area contributed by atoms with E-state index < -0.39 is 9.84 Å². The van der Waals surface area contributed by atoms with Crippen molar-refractivity contribution in [1.82, 2.24) is 19.5 Å². The fourth-order valence-corrected chi connectivity index (χ4v) is 3.50. The van der Waals surface area contributed by atoms with Crippen molar-refractivity contribution in [3.63, 3.8) is 0 Å². The molecular weight excluding hydrogens is 382 g/mol. The monoisotopic (exact) mass is 405 g/mol. The number of imidazole rings is 1. The van der Waals surface area contributed by atoms with Crippen molar-refractivity contribution in [2.75, 3.05) is 24.3 Å². The predicted molar refractivity (Wildman–Crippen MR) is 107 cm³/mol. The molecular formula is C18H23N5O4S. The first-order valence-electron chi connectivity index (χ1n) is 8.91. The van der Waals surface area contributed by atoms with Gasteiger partial charge in [-0.1, -0.05) is 31.2 Å². The van der Waals surface area contributed by atoms with Crippen LogP contribution >= 0.6 is 0 Å². The van der Waals surface area contributed by atoms with Crippen LogP contribution in [0.4, 0.5) is 5.82 Å². The van der Waals surface area contributed by atoms with E-state index in [1.54, 1.807) is 0 Å². The van der Waals surface area contributed by atoms with Gasteiger partial charge in [0.25, 0.3) is 0 Å². The zero-order valence-corrected chi connectivity index (χ0v) is 16.6. The van der Waals surface area contributed by atoms with Gasteiger partial charge in [0.15, 0.2) is 11.5 Å². The van der Waals surface area contributed by atoms with E-state index >= 15 is 0 Å². The number of aryl methyl sites for hydroxylation is 1. The molecule has 0 bridgehead atoms. The molecule has 28 heavy (non-hydrogen) atoms. The summed E-state index contributed by atoms with van der Waals surface area (Å²) in [5, 5.41) is 0. The molecule has 1 aromatic carbocycles. The van der Waals surface area contributed by atoms with Gasteiger partial charge in [0.05, 0.1) is 18.9 Å². The molecule has 0 saturated carbocycles. The maximum atomic E-state index is 12.4. The van der Waals surface area contributed by atoms with E-state index in [-0.39, 0.29) is 29.9 Å². The van der Waals surface area contributed by atoms with Crippen LogP contribution in [0.15, 0.2) is 29.1 Å². The Morgan fingerprint density at radius 3 is 2.71 bits per heavy atom. The van der Waals surface area contributed by atoms with Crippen molar-refractivity contribution in [3.05, 3.63) is 45.9 Å².